The molecule has 0 amide bonds. The van der Waals surface area contributed by atoms with Crippen molar-refractivity contribution in [3.05, 3.63) is 58.5 Å². The SMILES string of the molecule is CC(C)CC(=O)c1nc2ccccc2s1.CC(C)CC(O)c1nc2ccccc2s1. The third-order valence-corrected chi connectivity index (χ3v) is 6.63. The maximum Gasteiger partial charge on any atom is 0.191 e. The molecule has 2 aromatic heterocycles. The molecule has 0 bridgehead atoms. The van der Waals surface area contributed by atoms with E-state index in [4.69, 9.17) is 0 Å². The van der Waals surface area contributed by atoms with Crippen molar-refractivity contribution in [3.63, 3.8) is 0 Å². The lowest BCUT2D eigenvalue weighted by Gasteiger charge is -2.09. The van der Waals surface area contributed by atoms with Crippen LogP contribution in [0.3, 0.4) is 0 Å². The van der Waals surface area contributed by atoms with Gasteiger partial charge < -0.3 is 5.11 Å². The first-order chi connectivity index (χ1) is 14.3. The van der Waals surface area contributed by atoms with Gasteiger partial charge in [0.15, 0.2) is 10.8 Å². The molecule has 1 unspecified atom stereocenters. The molecule has 4 nitrogen and oxygen atoms in total. The molecule has 1 atom stereocenters. The standard InChI is InChI=1S/C12H15NOS.C12H13NOS/c2*1-8(2)7-10(14)12-13-9-5-3-4-6-11(9)15-12/h3-6,8,10,14H,7H2,1-2H3;3-6,8H,7H2,1-2H3. The Kier molecular flexibility index (Phi) is 7.69. The van der Waals surface area contributed by atoms with E-state index in [0.717, 1.165) is 31.9 Å². The van der Waals surface area contributed by atoms with E-state index >= 15 is 0 Å². The van der Waals surface area contributed by atoms with Crippen LogP contribution in [0, 0.1) is 11.8 Å². The molecule has 158 valence electrons. The monoisotopic (exact) mass is 440 g/mol. The molecule has 0 aliphatic carbocycles. The quantitative estimate of drug-likeness (QED) is 0.331. The predicted molar refractivity (Wildman–Crippen MR) is 127 cm³/mol. The lowest BCUT2D eigenvalue weighted by Crippen LogP contribution is -2.02. The zero-order valence-electron chi connectivity index (χ0n) is 17.8. The minimum absolute atomic E-state index is 0.159. The Morgan fingerprint density at radius 3 is 1.97 bits per heavy atom. The fourth-order valence-corrected chi connectivity index (χ4v) is 4.91. The predicted octanol–water partition coefficient (Wildman–Crippen LogP) is 6.90. The lowest BCUT2D eigenvalue weighted by molar-refractivity contribution is 0.0967. The smallest absolute Gasteiger partial charge is 0.191 e. The van der Waals surface area contributed by atoms with Gasteiger partial charge in [-0.2, -0.15) is 0 Å². The minimum atomic E-state index is -0.414. The third-order valence-electron chi connectivity index (χ3n) is 4.42. The molecule has 30 heavy (non-hydrogen) atoms. The number of fused-ring (bicyclic) bond motifs is 2. The summed E-state index contributed by atoms with van der Waals surface area (Å²) >= 11 is 3.07. The minimum Gasteiger partial charge on any atom is -0.386 e. The van der Waals surface area contributed by atoms with Crippen LogP contribution >= 0.6 is 22.7 Å². The Hall–Kier alpha value is -2.15. The van der Waals surface area contributed by atoms with E-state index in [1.54, 1.807) is 11.3 Å². The Morgan fingerprint density at radius 1 is 0.867 bits per heavy atom. The fourth-order valence-electron chi connectivity index (χ4n) is 3.03. The highest BCUT2D eigenvalue weighted by atomic mass is 32.1. The van der Waals surface area contributed by atoms with Crippen LogP contribution in [-0.2, 0) is 0 Å². The van der Waals surface area contributed by atoms with Gasteiger partial charge in [0.05, 0.1) is 20.4 Å². The third kappa shape index (κ3) is 5.94. The van der Waals surface area contributed by atoms with Crippen LogP contribution in [0.5, 0.6) is 0 Å². The van der Waals surface area contributed by atoms with E-state index < -0.39 is 6.10 Å². The summed E-state index contributed by atoms with van der Waals surface area (Å²) in [5, 5.41) is 11.4. The Labute approximate surface area is 185 Å². The zero-order chi connectivity index (χ0) is 21.7. The zero-order valence-corrected chi connectivity index (χ0v) is 19.5. The summed E-state index contributed by atoms with van der Waals surface area (Å²) in [5.74, 6) is 1.04. The number of ketones is 1. The highest BCUT2D eigenvalue weighted by molar-refractivity contribution is 7.20. The normalized spacial score (nSPS) is 12.4. The van der Waals surface area contributed by atoms with Gasteiger partial charge in [-0.3, -0.25) is 4.79 Å². The molecule has 0 aliphatic rings. The molecule has 4 rings (SSSR count). The summed E-state index contributed by atoms with van der Waals surface area (Å²) in [5.41, 5.74) is 1.91. The van der Waals surface area contributed by atoms with Gasteiger partial charge in [-0.1, -0.05) is 52.0 Å². The first-order valence-electron chi connectivity index (χ1n) is 10.3. The van der Waals surface area contributed by atoms with Crippen LogP contribution in [0.1, 0.15) is 61.5 Å². The van der Waals surface area contributed by atoms with E-state index in [1.165, 1.54) is 11.3 Å². The van der Waals surface area contributed by atoms with Gasteiger partial charge in [0.1, 0.15) is 11.1 Å². The highest BCUT2D eigenvalue weighted by Gasteiger charge is 2.14. The summed E-state index contributed by atoms with van der Waals surface area (Å²) in [4.78, 5) is 20.5. The average Bonchev–Trinajstić information content (AvgIpc) is 3.31. The number of aromatic nitrogens is 2. The molecule has 2 aromatic carbocycles. The van der Waals surface area contributed by atoms with Crippen molar-refractivity contribution in [1.82, 2.24) is 9.97 Å². The maximum atomic E-state index is 11.8. The summed E-state index contributed by atoms with van der Waals surface area (Å²) in [6, 6.07) is 15.9. The number of para-hydroxylation sites is 2. The summed E-state index contributed by atoms with van der Waals surface area (Å²) in [6.45, 7) is 8.31. The Bertz CT molecular complexity index is 1050. The van der Waals surface area contributed by atoms with Gasteiger partial charge in [-0.15, -0.1) is 22.7 Å². The van der Waals surface area contributed by atoms with E-state index in [9.17, 15) is 9.90 Å². The second-order valence-electron chi connectivity index (χ2n) is 8.17. The Morgan fingerprint density at radius 2 is 1.43 bits per heavy atom. The van der Waals surface area contributed by atoms with Gasteiger partial charge in [0.25, 0.3) is 0 Å². The number of benzene rings is 2. The summed E-state index contributed by atoms with van der Waals surface area (Å²) < 4.78 is 2.24. The van der Waals surface area contributed by atoms with Crippen molar-refractivity contribution in [3.8, 4) is 0 Å². The first kappa shape index (κ1) is 22.5. The van der Waals surface area contributed by atoms with Crippen LogP contribution in [0.25, 0.3) is 20.4 Å². The number of nitrogens with zero attached hydrogens (tertiary/aromatic N) is 2. The average molecular weight is 441 g/mol. The summed E-state index contributed by atoms with van der Waals surface area (Å²) in [6.07, 6.45) is 0.946. The number of hydrogen-bond acceptors (Lipinski definition) is 6. The van der Waals surface area contributed by atoms with E-state index in [-0.39, 0.29) is 5.78 Å². The molecule has 6 heteroatoms. The van der Waals surface area contributed by atoms with Crippen LogP contribution in [-0.4, -0.2) is 20.9 Å². The summed E-state index contributed by atoms with van der Waals surface area (Å²) in [7, 11) is 0. The molecule has 2 heterocycles. The molecule has 0 saturated heterocycles. The number of aliphatic hydroxyl groups excluding tert-OH is 1. The van der Waals surface area contributed by atoms with Crippen molar-refractivity contribution in [1.29, 1.82) is 0 Å². The number of aliphatic hydroxyl groups is 1. The fraction of sp³-hybridized carbons (Fsp3) is 0.375. The van der Waals surface area contributed by atoms with E-state index in [2.05, 4.69) is 23.8 Å². The van der Waals surface area contributed by atoms with Crippen molar-refractivity contribution in [2.45, 2.75) is 46.6 Å². The van der Waals surface area contributed by atoms with Crippen molar-refractivity contribution in [2.75, 3.05) is 0 Å². The van der Waals surface area contributed by atoms with Gasteiger partial charge in [-0.25, -0.2) is 9.97 Å². The maximum absolute atomic E-state index is 11.8. The molecule has 4 aromatic rings. The molecular formula is C24H28N2O2S2. The highest BCUT2D eigenvalue weighted by Crippen LogP contribution is 2.29. The molecule has 0 saturated carbocycles. The van der Waals surface area contributed by atoms with Crippen molar-refractivity contribution in [2.24, 2.45) is 11.8 Å². The van der Waals surface area contributed by atoms with E-state index in [0.29, 0.717) is 23.3 Å². The molecule has 0 fully saturated rings. The Balaban J connectivity index is 0.000000171. The van der Waals surface area contributed by atoms with E-state index in [1.807, 2.05) is 62.4 Å². The van der Waals surface area contributed by atoms with Gasteiger partial charge in [0, 0.05) is 6.42 Å². The molecule has 1 N–H and O–H groups in total. The van der Waals surface area contributed by atoms with Gasteiger partial charge >= 0.3 is 0 Å². The van der Waals surface area contributed by atoms with Gasteiger partial charge in [0.2, 0.25) is 0 Å². The largest absolute Gasteiger partial charge is 0.386 e. The number of hydrogen-bond donors (Lipinski definition) is 1. The topological polar surface area (TPSA) is 63.1 Å². The number of rotatable bonds is 6. The van der Waals surface area contributed by atoms with Crippen LogP contribution in [0.15, 0.2) is 48.5 Å². The van der Waals surface area contributed by atoms with Crippen LogP contribution in [0.2, 0.25) is 0 Å². The lowest BCUT2D eigenvalue weighted by atomic mass is 10.1. The molecular weight excluding hydrogens is 412 g/mol. The van der Waals surface area contributed by atoms with Crippen molar-refractivity contribution >= 4 is 48.9 Å². The second-order valence-corrected chi connectivity index (χ2v) is 10.3. The van der Waals surface area contributed by atoms with Crippen LogP contribution in [0.4, 0.5) is 0 Å². The molecule has 0 radical (unpaired) electrons. The van der Waals surface area contributed by atoms with Crippen LogP contribution < -0.4 is 0 Å². The number of thiazole rings is 2. The van der Waals surface area contributed by atoms with Crippen molar-refractivity contribution < 1.29 is 9.90 Å². The number of carbonyl (C=O) groups excluding carboxylic acids is 1. The molecule has 0 spiro atoms. The number of carbonyl (C=O) groups is 1. The first-order valence-corrected chi connectivity index (χ1v) is 11.9. The molecule has 0 aliphatic heterocycles. The van der Waals surface area contributed by atoms with Gasteiger partial charge in [-0.05, 0) is 42.5 Å². The second kappa shape index (κ2) is 10.2. The number of Topliss-reactive ketones (excluding diaryl/α,β-unsaturated/α-hetero) is 1.